The quantitative estimate of drug-likeness (QED) is 0.486. The minimum atomic E-state index is -1.53. The van der Waals surface area contributed by atoms with E-state index in [0.29, 0.717) is 16.4 Å². The fraction of sp³-hybridized carbons (Fsp3) is 0.286. The average Bonchev–Trinajstić information content (AvgIpc) is 2.01. The smallest absolute Gasteiger partial charge is 0.217 e. The molecule has 0 radical (unpaired) electrons. The molecule has 14 heavy (non-hydrogen) atoms. The van der Waals surface area contributed by atoms with Crippen molar-refractivity contribution in [2.75, 3.05) is 12.1 Å². The van der Waals surface area contributed by atoms with Gasteiger partial charge in [0.2, 0.25) is 3.79 Å². The summed E-state index contributed by atoms with van der Waals surface area (Å²) in [6.07, 6.45) is 1.41. The zero-order chi connectivity index (χ0) is 10.9. The molecule has 0 fully saturated rings. The second-order valence-corrected chi connectivity index (χ2v) is 5.33. The molecule has 0 aliphatic rings. The van der Waals surface area contributed by atoms with Gasteiger partial charge in [0, 0.05) is 18.8 Å². The molecular weight excluding hydrogens is 268 g/mol. The zero-order valence-electron chi connectivity index (χ0n) is 7.14. The fourth-order valence-electron chi connectivity index (χ4n) is 0.845. The van der Waals surface area contributed by atoms with Gasteiger partial charge < -0.3 is 0 Å². The average molecular weight is 275 g/mol. The number of halogens is 4. The van der Waals surface area contributed by atoms with Crippen LogP contribution in [0.1, 0.15) is 5.56 Å². The van der Waals surface area contributed by atoms with Crippen LogP contribution in [0.3, 0.4) is 0 Å². The summed E-state index contributed by atoms with van der Waals surface area (Å²) >= 11 is 22.8. The monoisotopic (exact) mass is 273 g/mol. The Morgan fingerprint density at radius 1 is 1.43 bits per heavy atom. The van der Waals surface area contributed by atoms with Crippen LogP contribution >= 0.6 is 46.4 Å². The first-order valence-corrected chi connectivity index (χ1v) is 5.04. The van der Waals surface area contributed by atoms with Crippen LogP contribution in [-0.4, -0.2) is 12.0 Å². The normalized spacial score (nSPS) is 11.6. The molecule has 0 saturated heterocycles. The van der Waals surface area contributed by atoms with Crippen molar-refractivity contribution in [3.05, 3.63) is 22.8 Å². The first-order chi connectivity index (χ1) is 6.32. The second-order valence-electron chi connectivity index (χ2n) is 2.64. The van der Waals surface area contributed by atoms with Crippen LogP contribution in [0.4, 0.5) is 5.82 Å². The first-order valence-electron chi connectivity index (χ1n) is 3.53. The molecule has 1 aromatic rings. The van der Waals surface area contributed by atoms with Crippen LogP contribution in [-0.2, 0) is 3.79 Å². The van der Waals surface area contributed by atoms with E-state index in [1.165, 1.54) is 17.3 Å². The number of hydrogen-bond donors (Lipinski definition) is 1. The maximum atomic E-state index is 5.87. The second kappa shape index (κ2) is 4.29. The van der Waals surface area contributed by atoms with Crippen molar-refractivity contribution in [1.29, 1.82) is 0 Å². The molecular formula is C7H7Cl4N3. The van der Waals surface area contributed by atoms with E-state index < -0.39 is 3.79 Å². The van der Waals surface area contributed by atoms with E-state index in [9.17, 15) is 0 Å². The maximum Gasteiger partial charge on any atom is 0.217 e. The van der Waals surface area contributed by atoms with Gasteiger partial charge in [0.05, 0.1) is 5.02 Å². The lowest BCUT2D eigenvalue weighted by Gasteiger charge is -2.15. The highest BCUT2D eigenvalue weighted by Gasteiger charge is 2.24. The van der Waals surface area contributed by atoms with Gasteiger partial charge in [0.25, 0.3) is 0 Å². The molecule has 0 atom stereocenters. The molecule has 0 bridgehead atoms. The van der Waals surface area contributed by atoms with E-state index in [2.05, 4.69) is 4.98 Å². The SMILES string of the molecule is CN(N)c1ncc(C(Cl)(Cl)Cl)cc1Cl. The van der Waals surface area contributed by atoms with Gasteiger partial charge in [-0.3, -0.25) is 5.01 Å². The van der Waals surface area contributed by atoms with Crippen molar-refractivity contribution in [3.8, 4) is 0 Å². The van der Waals surface area contributed by atoms with E-state index in [1.54, 1.807) is 7.05 Å². The van der Waals surface area contributed by atoms with Gasteiger partial charge in [0.1, 0.15) is 0 Å². The molecule has 1 aromatic heterocycles. The van der Waals surface area contributed by atoms with E-state index in [1.807, 2.05) is 0 Å². The summed E-state index contributed by atoms with van der Waals surface area (Å²) in [6, 6.07) is 1.51. The van der Waals surface area contributed by atoms with Crippen molar-refractivity contribution in [2.45, 2.75) is 3.79 Å². The minimum absolute atomic E-state index is 0.332. The molecule has 7 heteroatoms. The molecule has 0 amide bonds. The number of hydrazine groups is 1. The topological polar surface area (TPSA) is 42.1 Å². The fourth-order valence-corrected chi connectivity index (χ4v) is 1.45. The molecule has 0 aromatic carbocycles. The van der Waals surface area contributed by atoms with Crippen molar-refractivity contribution >= 4 is 52.2 Å². The summed E-state index contributed by atoms with van der Waals surface area (Å²) in [4.78, 5) is 3.96. The van der Waals surface area contributed by atoms with Crippen molar-refractivity contribution < 1.29 is 0 Å². The highest BCUT2D eigenvalue weighted by molar-refractivity contribution is 6.66. The minimum Gasteiger partial charge on any atom is -0.297 e. The van der Waals surface area contributed by atoms with Crippen molar-refractivity contribution in [1.82, 2.24) is 4.98 Å². The van der Waals surface area contributed by atoms with Crippen LogP contribution in [0.2, 0.25) is 5.02 Å². The van der Waals surface area contributed by atoms with E-state index in [-0.39, 0.29) is 0 Å². The van der Waals surface area contributed by atoms with Gasteiger partial charge in [-0.1, -0.05) is 46.4 Å². The maximum absolute atomic E-state index is 5.87. The van der Waals surface area contributed by atoms with Gasteiger partial charge in [0.15, 0.2) is 5.82 Å². The highest BCUT2D eigenvalue weighted by atomic mass is 35.6. The lowest BCUT2D eigenvalue weighted by Crippen LogP contribution is -2.26. The molecule has 0 unspecified atom stereocenters. The number of nitrogens with two attached hydrogens (primary N) is 1. The third-order valence-electron chi connectivity index (χ3n) is 1.48. The third-order valence-corrected chi connectivity index (χ3v) is 2.42. The van der Waals surface area contributed by atoms with Gasteiger partial charge in [-0.05, 0) is 6.07 Å². The molecule has 78 valence electrons. The van der Waals surface area contributed by atoms with Crippen LogP contribution in [0.25, 0.3) is 0 Å². The number of nitrogens with zero attached hydrogens (tertiary/aromatic N) is 2. The Morgan fingerprint density at radius 2 is 2.00 bits per heavy atom. The summed E-state index contributed by atoms with van der Waals surface area (Å²) in [6.45, 7) is 0. The van der Waals surface area contributed by atoms with E-state index in [4.69, 9.17) is 52.2 Å². The molecule has 0 spiro atoms. The third kappa shape index (κ3) is 2.78. The number of anilines is 1. The van der Waals surface area contributed by atoms with Gasteiger partial charge in [-0.2, -0.15) is 0 Å². The first kappa shape index (κ1) is 12.1. The molecule has 0 aliphatic heterocycles. The summed E-state index contributed by atoms with van der Waals surface area (Å²) in [5, 5.41) is 1.61. The summed E-state index contributed by atoms with van der Waals surface area (Å²) < 4.78 is -1.53. The van der Waals surface area contributed by atoms with Crippen molar-refractivity contribution in [3.63, 3.8) is 0 Å². The Labute approximate surface area is 102 Å². The Hall–Kier alpha value is 0.0700. The molecule has 1 heterocycles. The number of rotatable bonds is 1. The summed E-state index contributed by atoms with van der Waals surface area (Å²) in [7, 11) is 1.61. The van der Waals surface area contributed by atoms with Gasteiger partial charge in [-0.25, -0.2) is 10.8 Å². The standard InChI is InChI=1S/C7H7Cl4N3/c1-14(12)6-5(8)2-4(3-13-6)7(9,10)11/h2-3H,12H2,1H3. The molecule has 2 N–H and O–H groups in total. The lowest BCUT2D eigenvalue weighted by molar-refractivity contribution is 0.970. The molecule has 0 saturated carbocycles. The predicted octanol–water partition coefficient (Wildman–Crippen LogP) is 2.87. The predicted molar refractivity (Wildman–Crippen MR) is 61.1 cm³/mol. The summed E-state index contributed by atoms with van der Waals surface area (Å²) in [5.41, 5.74) is 0.401. The number of pyridine rings is 1. The lowest BCUT2D eigenvalue weighted by atomic mass is 10.3. The van der Waals surface area contributed by atoms with Gasteiger partial charge in [-0.15, -0.1) is 0 Å². The van der Waals surface area contributed by atoms with Crippen LogP contribution < -0.4 is 10.9 Å². The zero-order valence-corrected chi connectivity index (χ0v) is 10.2. The Morgan fingerprint density at radius 3 is 2.36 bits per heavy atom. The Bertz CT molecular complexity index is 334. The van der Waals surface area contributed by atoms with Crippen molar-refractivity contribution in [2.24, 2.45) is 5.84 Å². The van der Waals surface area contributed by atoms with E-state index >= 15 is 0 Å². The van der Waals surface area contributed by atoms with Crippen LogP contribution in [0.5, 0.6) is 0 Å². The number of alkyl halides is 3. The van der Waals surface area contributed by atoms with Crippen LogP contribution in [0, 0.1) is 0 Å². The Kier molecular flexibility index (Phi) is 3.72. The molecule has 1 rings (SSSR count). The largest absolute Gasteiger partial charge is 0.297 e. The Balaban J connectivity index is 3.13. The van der Waals surface area contributed by atoms with E-state index in [0.717, 1.165) is 0 Å². The molecule has 0 aliphatic carbocycles. The van der Waals surface area contributed by atoms with Gasteiger partial charge >= 0.3 is 0 Å². The summed E-state index contributed by atoms with van der Waals surface area (Å²) in [5.74, 6) is 5.88. The van der Waals surface area contributed by atoms with Crippen LogP contribution in [0.15, 0.2) is 12.3 Å². The molecule has 3 nitrogen and oxygen atoms in total. The number of hydrogen-bond acceptors (Lipinski definition) is 3. The number of aromatic nitrogens is 1. The highest BCUT2D eigenvalue weighted by Crippen LogP contribution is 2.39.